The molecule has 0 saturated heterocycles. The summed E-state index contributed by atoms with van der Waals surface area (Å²) in [6.07, 6.45) is 4.90. The molecular weight excluding hydrogens is 294 g/mol. The van der Waals surface area contributed by atoms with Gasteiger partial charge in [-0.25, -0.2) is 5.43 Å². The number of carbonyl (C=O) groups excluding carboxylic acids is 1. The first-order chi connectivity index (χ1) is 11.1. The first kappa shape index (κ1) is 16.5. The number of hydrogen-bond acceptors (Lipinski definition) is 5. The third-order valence-corrected chi connectivity index (χ3v) is 3.17. The normalized spacial score (nSPS) is 10.7. The second-order valence-electron chi connectivity index (χ2n) is 4.92. The largest absolute Gasteiger partial charge is 0.504 e. The molecular formula is C17H19N3O3. The molecule has 0 atom stereocenters. The number of carbonyl (C=O) groups is 1. The van der Waals surface area contributed by atoms with E-state index in [1.165, 1.54) is 19.4 Å². The second-order valence-corrected chi connectivity index (χ2v) is 4.92. The average molecular weight is 313 g/mol. The van der Waals surface area contributed by atoms with Crippen molar-refractivity contribution in [1.82, 2.24) is 10.4 Å². The molecule has 0 aliphatic heterocycles. The number of hydrogen-bond donors (Lipinski definition) is 2. The van der Waals surface area contributed by atoms with Gasteiger partial charge in [-0.3, -0.25) is 9.78 Å². The number of amides is 1. The van der Waals surface area contributed by atoms with Gasteiger partial charge in [-0.15, -0.1) is 0 Å². The van der Waals surface area contributed by atoms with Gasteiger partial charge in [-0.1, -0.05) is 13.3 Å². The summed E-state index contributed by atoms with van der Waals surface area (Å²) in [6.45, 7) is 2.06. The van der Waals surface area contributed by atoms with Crippen molar-refractivity contribution in [3.8, 4) is 11.5 Å². The number of ether oxygens (including phenoxy) is 1. The van der Waals surface area contributed by atoms with Crippen molar-refractivity contribution in [3.05, 3.63) is 53.3 Å². The Kier molecular flexibility index (Phi) is 5.68. The van der Waals surface area contributed by atoms with Gasteiger partial charge in [0.15, 0.2) is 11.5 Å². The van der Waals surface area contributed by atoms with Gasteiger partial charge in [-0.2, -0.15) is 5.10 Å². The van der Waals surface area contributed by atoms with Crippen LogP contribution in [-0.2, 0) is 6.42 Å². The minimum absolute atomic E-state index is 0.0499. The lowest BCUT2D eigenvalue weighted by Gasteiger charge is -2.04. The molecule has 0 fully saturated rings. The summed E-state index contributed by atoms with van der Waals surface area (Å²) in [5.74, 6) is 0.0966. The predicted molar refractivity (Wildman–Crippen MR) is 88.0 cm³/mol. The number of rotatable bonds is 6. The summed E-state index contributed by atoms with van der Waals surface area (Å²) in [5.41, 5.74) is 4.56. The summed E-state index contributed by atoms with van der Waals surface area (Å²) in [6, 6.07) is 8.20. The fourth-order valence-electron chi connectivity index (χ4n) is 2.02. The minimum atomic E-state index is -0.299. The molecule has 0 unspecified atom stereocenters. The highest BCUT2D eigenvalue weighted by atomic mass is 16.5. The molecule has 1 aromatic carbocycles. The molecule has 1 aromatic heterocycles. The van der Waals surface area contributed by atoms with Gasteiger partial charge in [-0.05, 0) is 42.3 Å². The zero-order valence-electron chi connectivity index (χ0n) is 13.1. The highest BCUT2D eigenvalue weighted by molar-refractivity contribution is 5.94. The standard InChI is InChI=1S/C17H19N3O3/c1-3-4-14-10-13(7-8-18-14)17(22)20-19-11-12-5-6-15(21)16(9-12)23-2/h5-11,21H,3-4H2,1-2H3,(H,20,22)/b19-11-. The van der Waals surface area contributed by atoms with Gasteiger partial charge in [0, 0.05) is 17.5 Å². The number of aromatic hydroxyl groups is 1. The summed E-state index contributed by atoms with van der Waals surface area (Å²) >= 11 is 0. The summed E-state index contributed by atoms with van der Waals surface area (Å²) in [5, 5.41) is 13.4. The number of methoxy groups -OCH3 is 1. The maximum atomic E-state index is 12.1. The zero-order valence-corrected chi connectivity index (χ0v) is 13.1. The molecule has 23 heavy (non-hydrogen) atoms. The van der Waals surface area contributed by atoms with Crippen LogP contribution < -0.4 is 10.2 Å². The molecule has 0 spiro atoms. The molecule has 2 N–H and O–H groups in total. The fraction of sp³-hybridized carbons (Fsp3) is 0.235. The van der Waals surface area contributed by atoms with Crippen LogP contribution in [0.3, 0.4) is 0 Å². The van der Waals surface area contributed by atoms with E-state index in [1.807, 2.05) is 0 Å². The van der Waals surface area contributed by atoms with Crippen LogP contribution in [0.15, 0.2) is 41.6 Å². The van der Waals surface area contributed by atoms with Crippen LogP contribution in [0.4, 0.5) is 0 Å². The lowest BCUT2D eigenvalue weighted by atomic mass is 10.1. The van der Waals surface area contributed by atoms with E-state index in [2.05, 4.69) is 22.4 Å². The van der Waals surface area contributed by atoms with E-state index in [-0.39, 0.29) is 11.7 Å². The molecule has 0 bridgehead atoms. The number of benzene rings is 1. The molecule has 6 nitrogen and oxygen atoms in total. The minimum Gasteiger partial charge on any atom is -0.504 e. The Morgan fingerprint density at radius 2 is 2.22 bits per heavy atom. The van der Waals surface area contributed by atoms with E-state index >= 15 is 0 Å². The highest BCUT2D eigenvalue weighted by Crippen LogP contribution is 2.25. The van der Waals surface area contributed by atoms with Crippen LogP contribution >= 0.6 is 0 Å². The number of phenols is 1. The van der Waals surface area contributed by atoms with Gasteiger partial charge in [0.1, 0.15) is 0 Å². The van der Waals surface area contributed by atoms with Gasteiger partial charge >= 0.3 is 0 Å². The first-order valence-electron chi connectivity index (χ1n) is 7.29. The Morgan fingerprint density at radius 1 is 1.39 bits per heavy atom. The van der Waals surface area contributed by atoms with Crippen LogP contribution in [0.1, 0.15) is 35.0 Å². The Hall–Kier alpha value is -2.89. The van der Waals surface area contributed by atoms with Crippen LogP contribution in [-0.4, -0.2) is 29.3 Å². The molecule has 6 heteroatoms. The molecule has 0 radical (unpaired) electrons. The van der Waals surface area contributed by atoms with E-state index in [0.717, 1.165) is 18.5 Å². The third kappa shape index (κ3) is 4.54. The number of nitrogens with zero attached hydrogens (tertiary/aromatic N) is 2. The monoisotopic (exact) mass is 313 g/mol. The maximum Gasteiger partial charge on any atom is 0.271 e. The number of aryl methyl sites for hydroxylation is 1. The summed E-state index contributed by atoms with van der Waals surface area (Å²) in [7, 11) is 1.47. The topological polar surface area (TPSA) is 83.8 Å². The van der Waals surface area contributed by atoms with E-state index in [1.54, 1.807) is 30.5 Å². The Bertz CT molecular complexity index is 714. The Morgan fingerprint density at radius 3 is 2.96 bits per heavy atom. The molecule has 1 amide bonds. The van der Waals surface area contributed by atoms with Gasteiger partial charge < -0.3 is 9.84 Å². The van der Waals surface area contributed by atoms with E-state index < -0.39 is 0 Å². The summed E-state index contributed by atoms with van der Waals surface area (Å²) < 4.78 is 5.01. The second kappa shape index (κ2) is 7.93. The van der Waals surface area contributed by atoms with E-state index in [4.69, 9.17) is 4.74 Å². The number of pyridine rings is 1. The van der Waals surface area contributed by atoms with Crippen molar-refractivity contribution in [2.75, 3.05) is 7.11 Å². The SMILES string of the molecule is CCCc1cc(C(=O)N/N=C\c2ccc(O)c(OC)c2)ccn1. The summed E-state index contributed by atoms with van der Waals surface area (Å²) in [4.78, 5) is 16.3. The van der Waals surface area contributed by atoms with Crippen molar-refractivity contribution in [2.45, 2.75) is 19.8 Å². The molecule has 1 heterocycles. The van der Waals surface area contributed by atoms with Crippen molar-refractivity contribution >= 4 is 12.1 Å². The number of phenolic OH excluding ortho intramolecular Hbond substituents is 1. The van der Waals surface area contributed by atoms with Gasteiger partial charge in [0.2, 0.25) is 0 Å². The lowest BCUT2D eigenvalue weighted by Crippen LogP contribution is -2.18. The van der Waals surface area contributed by atoms with Crippen molar-refractivity contribution in [3.63, 3.8) is 0 Å². The molecule has 0 aliphatic rings. The van der Waals surface area contributed by atoms with Crippen LogP contribution in [0.2, 0.25) is 0 Å². The highest BCUT2D eigenvalue weighted by Gasteiger charge is 2.06. The molecule has 0 saturated carbocycles. The lowest BCUT2D eigenvalue weighted by molar-refractivity contribution is 0.0955. The van der Waals surface area contributed by atoms with Crippen molar-refractivity contribution in [2.24, 2.45) is 5.10 Å². The Labute approximate surface area is 134 Å². The van der Waals surface area contributed by atoms with Gasteiger partial charge in [0.25, 0.3) is 5.91 Å². The van der Waals surface area contributed by atoms with E-state index in [0.29, 0.717) is 16.9 Å². The smallest absolute Gasteiger partial charge is 0.271 e. The van der Waals surface area contributed by atoms with Crippen LogP contribution in [0.5, 0.6) is 11.5 Å². The predicted octanol–water partition coefficient (Wildman–Crippen LogP) is 2.51. The molecule has 2 rings (SSSR count). The quantitative estimate of drug-likeness (QED) is 0.634. The average Bonchev–Trinajstić information content (AvgIpc) is 2.57. The van der Waals surface area contributed by atoms with Crippen LogP contribution in [0, 0.1) is 0 Å². The number of nitrogens with one attached hydrogen (secondary N) is 1. The zero-order chi connectivity index (χ0) is 16.7. The third-order valence-electron chi connectivity index (χ3n) is 3.17. The van der Waals surface area contributed by atoms with Crippen LogP contribution in [0.25, 0.3) is 0 Å². The fourth-order valence-corrected chi connectivity index (χ4v) is 2.02. The van der Waals surface area contributed by atoms with Gasteiger partial charge in [0.05, 0.1) is 13.3 Å². The van der Waals surface area contributed by atoms with E-state index in [9.17, 15) is 9.90 Å². The van der Waals surface area contributed by atoms with Crippen molar-refractivity contribution < 1.29 is 14.6 Å². The molecule has 0 aliphatic carbocycles. The first-order valence-corrected chi connectivity index (χ1v) is 7.29. The number of hydrazone groups is 1. The molecule has 2 aromatic rings. The van der Waals surface area contributed by atoms with Crippen molar-refractivity contribution in [1.29, 1.82) is 0 Å². The number of aromatic nitrogens is 1. The molecule has 120 valence electrons. The maximum absolute atomic E-state index is 12.1. The Balaban J connectivity index is 2.02.